The van der Waals surface area contributed by atoms with Crippen LogP contribution < -0.4 is 16.0 Å². The van der Waals surface area contributed by atoms with Crippen LogP contribution >= 0.6 is 0 Å². The summed E-state index contributed by atoms with van der Waals surface area (Å²) in [6.45, 7) is 4.02. The van der Waals surface area contributed by atoms with Crippen molar-refractivity contribution in [2.45, 2.75) is 26.4 Å². The minimum absolute atomic E-state index is 0.146. The quantitative estimate of drug-likeness (QED) is 0.797. The molecule has 2 aromatic carbocycles. The fourth-order valence-corrected chi connectivity index (χ4v) is 2.67. The largest absolute Gasteiger partial charge is 0.348 e. The fraction of sp³-hybridized carbons (Fsp3) is 0.211. The van der Waals surface area contributed by atoms with Crippen LogP contribution in [-0.2, 0) is 11.3 Å². The van der Waals surface area contributed by atoms with Gasteiger partial charge < -0.3 is 16.0 Å². The van der Waals surface area contributed by atoms with E-state index in [0.29, 0.717) is 23.4 Å². The zero-order chi connectivity index (χ0) is 18.0. The third-order valence-electron chi connectivity index (χ3n) is 4.08. The van der Waals surface area contributed by atoms with E-state index in [4.69, 9.17) is 0 Å². The molecule has 3 N–H and O–H groups in total. The molecule has 1 heterocycles. The molecule has 0 fully saturated rings. The van der Waals surface area contributed by atoms with Crippen LogP contribution in [-0.4, -0.2) is 23.8 Å². The maximum Gasteiger partial charge on any atom is 0.251 e. The van der Waals surface area contributed by atoms with Crippen LogP contribution in [0.2, 0.25) is 0 Å². The monoisotopic (exact) mass is 337 g/mol. The van der Waals surface area contributed by atoms with E-state index in [1.807, 2.05) is 13.0 Å². The Morgan fingerprint density at radius 3 is 2.72 bits per heavy atom. The number of benzene rings is 2. The van der Waals surface area contributed by atoms with Crippen LogP contribution in [0.5, 0.6) is 0 Å². The van der Waals surface area contributed by atoms with Crippen molar-refractivity contribution in [2.24, 2.45) is 0 Å². The first-order valence-corrected chi connectivity index (χ1v) is 8.03. The zero-order valence-corrected chi connectivity index (χ0v) is 14.1. The Bertz CT molecular complexity index is 861. The van der Waals surface area contributed by atoms with E-state index in [0.717, 1.165) is 11.1 Å². The molecule has 25 heavy (non-hydrogen) atoms. The summed E-state index contributed by atoms with van der Waals surface area (Å²) in [6.07, 6.45) is 0. The number of fused-ring (bicyclic) bond motifs is 1. The summed E-state index contributed by atoms with van der Waals surface area (Å²) in [7, 11) is 0. The average molecular weight is 337 g/mol. The summed E-state index contributed by atoms with van der Waals surface area (Å²) in [5.74, 6) is -0.800. The van der Waals surface area contributed by atoms with Gasteiger partial charge in [0.25, 0.3) is 11.8 Å². The Morgan fingerprint density at radius 1 is 1.16 bits per heavy atom. The van der Waals surface area contributed by atoms with Crippen molar-refractivity contribution in [1.29, 1.82) is 0 Å². The summed E-state index contributed by atoms with van der Waals surface area (Å²) in [5.41, 5.74) is 3.48. The van der Waals surface area contributed by atoms with Gasteiger partial charge in [0.1, 0.15) is 6.04 Å². The molecule has 6 nitrogen and oxygen atoms in total. The highest BCUT2D eigenvalue weighted by Gasteiger charge is 2.21. The third kappa shape index (κ3) is 3.68. The molecule has 6 heteroatoms. The summed E-state index contributed by atoms with van der Waals surface area (Å²) in [5, 5.41) is 8.13. The summed E-state index contributed by atoms with van der Waals surface area (Å²) in [4.78, 5) is 36.2. The van der Waals surface area contributed by atoms with Crippen molar-refractivity contribution >= 4 is 23.4 Å². The van der Waals surface area contributed by atoms with Gasteiger partial charge in [0.05, 0.1) is 0 Å². The van der Waals surface area contributed by atoms with Gasteiger partial charge in [-0.05, 0) is 43.7 Å². The molecule has 1 atom stereocenters. The second-order valence-corrected chi connectivity index (χ2v) is 6.11. The van der Waals surface area contributed by atoms with Crippen molar-refractivity contribution in [2.75, 3.05) is 5.32 Å². The number of amides is 3. The summed E-state index contributed by atoms with van der Waals surface area (Å²) in [6, 6.07) is 11.6. The van der Waals surface area contributed by atoms with Gasteiger partial charge in [-0.1, -0.05) is 23.8 Å². The minimum atomic E-state index is -0.713. The van der Waals surface area contributed by atoms with Crippen molar-refractivity contribution in [3.63, 3.8) is 0 Å². The molecule has 0 aliphatic carbocycles. The second kappa shape index (κ2) is 6.76. The number of hydrogen-bond acceptors (Lipinski definition) is 3. The Hall–Kier alpha value is -3.15. The number of carbonyl (C=O) groups is 3. The minimum Gasteiger partial charge on any atom is -0.348 e. The lowest BCUT2D eigenvalue weighted by Gasteiger charge is -2.15. The molecule has 1 aliphatic heterocycles. The average Bonchev–Trinajstić information content (AvgIpc) is 2.95. The van der Waals surface area contributed by atoms with E-state index in [-0.39, 0.29) is 17.7 Å². The first-order valence-electron chi connectivity index (χ1n) is 8.03. The van der Waals surface area contributed by atoms with Crippen LogP contribution in [0.1, 0.15) is 38.8 Å². The smallest absolute Gasteiger partial charge is 0.251 e. The maximum absolute atomic E-state index is 12.3. The molecular formula is C19H19N3O3. The molecule has 0 radical (unpaired) electrons. The van der Waals surface area contributed by atoms with Gasteiger partial charge in [0.15, 0.2) is 0 Å². The van der Waals surface area contributed by atoms with E-state index in [1.165, 1.54) is 0 Å². The number of anilines is 1. The van der Waals surface area contributed by atoms with Gasteiger partial charge in [-0.2, -0.15) is 0 Å². The molecule has 0 aromatic heterocycles. The highest BCUT2D eigenvalue weighted by Crippen LogP contribution is 2.20. The highest BCUT2D eigenvalue weighted by molar-refractivity contribution is 6.03. The number of carbonyl (C=O) groups excluding carboxylic acids is 3. The molecule has 3 amide bonds. The molecule has 1 unspecified atom stereocenters. The lowest BCUT2D eigenvalue weighted by Crippen LogP contribution is -2.41. The van der Waals surface area contributed by atoms with Crippen LogP contribution in [0.15, 0.2) is 42.5 Å². The molecule has 3 rings (SSSR count). The van der Waals surface area contributed by atoms with E-state index in [2.05, 4.69) is 16.0 Å². The van der Waals surface area contributed by atoms with Gasteiger partial charge in [0.2, 0.25) is 5.91 Å². The Morgan fingerprint density at radius 2 is 1.96 bits per heavy atom. The van der Waals surface area contributed by atoms with Crippen molar-refractivity contribution < 1.29 is 14.4 Å². The predicted molar refractivity (Wildman–Crippen MR) is 94.3 cm³/mol. The molecule has 0 spiro atoms. The van der Waals surface area contributed by atoms with Gasteiger partial charge >= 0.3 is 0 Å². The lowest BCUT2D eigenvalue weighted by molar-refractivity contribution is -0.117. The second-order valence-electron chi connectivity index (χ2n) is 6.11. The molecule has 2 aromatic rings. The lowest BCUT2D eigenvalue weighted by atomic mass is 10.1. The van der Waals surface area contributed by atoms with E-state index in [1.54, 1.807) is 43.3 Å². The van der Waals surface area contributed by atoms with E-state index in [9.17, 15) is 14.4 Å². The number of rotatable bonds is 4. The van der Waals surface area contributed by atoms with Crippen molar-refractivity contribution in [3.05, 3.63) is 64.7 Å². The normalized spacial score (nSPS) is 13.6. The van der Waals surface area contributed by atoms with Gasteiger partial charge in [-0.25, -0.2) is 0 Å². The molecule has 0 saturated carbocycles. The maximum atomic E-state index is 12.3. The molecule has 128 valence electrons. The van der Waals surface area contributed by atoms with Gasteiger partial charge in [-0.15, -0.1) is 0 Å². The van der Waals surface area contributed by atoms with Crippen LogP contribution in [0, 0.1) is 6.92 Å². The van der Waals surface area contributed by atoms with Crippen LogP contribution in [0.25, 0.3) is 0 Å². The topological polar surface area (TPSA) is 87.3 Å². The van der Waals surface area contributed by atoms with Crippen LogP contribution in [0.3, 0.4) is 0 Å². The number of hydrogen-bond donors (Lipinski definition) is 3. The Kier molecular flexibility index (Phi) is 4.52. The van der Waals surface area contributed by atoms with Crippen LogP contribution in [0.4, 0.5) is 5.69 Å². The van der Waals surface area contributed by atoms with Crippen molar-refractivity contribution in [1.82, 2.24) is 10.6 Å². The first kappa shape index (κ1) is 16.7. The zero-order valence-electron chi connectivity index (χ0n) is 14.1. The standard InChI is InChI=1S/C19H19N3O3/c1-11-4-3-5-13(8-11)18(24)21-12(2)17(23)22-15-7-6-14-10-20-19(25)16(14)9-15/h3-9,12H,10H2,1-2H3,(H,20,25)(H,21,24)(H,22,23). The van der Waals surface area contributed by atoms with E-state index < -0.39 is 6.04 Å². The number of aryl methyl sites for hydroxylation is 1. The summed E-state index contributed by atoms with van der Waals surface area (Å²) >= 11 is 0. The van der Waals surface area contributed by atoms with Crippen molar-refractivity contribution in [3.8, 4) is 0 Å². The first-order chi connectivity index (χ1) is 11.9. The summed E-state index contributed by atoms with van der Waals surface area (Å²) < 4.78 is 0. The highest BCUT2D eigenvalue weighted by atomic mass is 16.2. The molecule has 1 aliphatic rings. The molecule has 0 bridgehead atoms. The Balaban J connectivity index is 1.64. The number of nitrogens with one attached hydrogen (secondary N) is 3. The molecular weight excluding hydrogens is 318 g/mol. The van der Waals surface area contributed by atoms with Gasteiger partial charge in [-0.3, -0.25) is 14.4 Å². The molecule has 0 saturated heterocycles. The van der Waals surface area contributed by atoms with Gasteiger partial charge in [0, 0.05) is 23.4 Å². The predicted octanol–water partition coefficient (Wildman–Crippen LogP) is 2.00. The third-order valence-corrected chi connectivity index (χ3v) is 4.08. The fourth-order valence-electron chi connectivity index (χ4n) is 2.67. The SMILES string of the molecule is Cc1cccc(C(=O)NC(C)C(=O)Nc2ccc3c(c2)C(=O)NC3)c1. The van der Waals surface area contributed by atoms with E-state index >= 15 is 0 Å². The Labute approximate surface area is 145 Å².